The summed E-state index contributed by atoms with van der Waals surface area (Å²) in [5.41, 5.74) is -0.0755. The van der Waals surface area contributed by atoms with Gasteiger partial charge in [0.1, 0.15) is 5.69 Å². The second-order valence-corrected chi connectivity index (χ2v) is 5.05. The maximum Gasteiger partial charge on any atom is 0.306 e. The first kappa shape index (κ1) is 16.6. The molecule has 2 N–H and O–H groups in total. The lowest BCUT2D eigenvalue weighted by Crippen LogP contribution is -2.22. The third-order valence-electron chi connectivity index (χ3n) is 3.18. The number of carbonyl (C=O) groups excluding carboxylic acids is 1. The molecule has 1 amide bonds. The summed E-state index contributed by atoms with van der Waals surface area (Å²) in [6.45, 7) is 3.55. The van der Waals surface area contributed by atoms with E-state index in [4.69, 9.17) is 5.11 Å². The first-order valence-corrected chi connectivity index (χ1v) is 6.59. The fourth-order valence-corrected chi connectivity index (χ4v) is 1.98. The van der Waals surface area contributed by atoms with Crippen molar-refractivity contribution in [3.8, 4) is 0 Å². The average molecular weight is 294 g/mol. The van der Waals surface area contributed by atoms with Gasteiger partial charge in [-0.2, -0.15) is 0 Å². The van der Waals surface area contributed by atoms with E-state index in [1.165, 1.54) is 18.2 Å². The molecule has 7 heteroatoms. The summed E-state index contributed by atoms with van der Waals surface area (Å²) in [4.78, 5) is 33.1. The van der Waals surface area contributed by atoms with Crippen LogP contribution in [0.1, 0.15) is 26.7 Å². The number of nitrogens with zero attached hydrogens (tertiary/aromatic N) is 1. The molecule has 1 rings (SSSR count). The highest BCUT2D eigenvalue weighted by molar-refractivity contribution is 5.93. The Labute approximate surface area is 122 Å². The number of aliphatic carboxylic acids is 1. The molecule has 0 unspecified atom stereocenters. The van der Waals surface area contributed by atoms with Gasteiger partial charge >= 0.3 is 5.97 Å². The molecule has 21 heavy (non-hydrogen) atoms. The van der Waals surface area contributed by atoms with Crippen molar-refractivity contribution in [3.63, 3.8) is 0 Å². The smallest absolute Gasteiger partial charge is 0.306 e. The van der Waals surface area contributed by atoms with Crippen LogP contribution in [0.25, 0.3) is 0 Å². The number of rotatable bonds is 7. The SMILES string of the molecule is CC(C)[C@H](CCC(=O)Nc1ccccc1[N+](=O)[O-])C(=O)O. The van der Waals surface area contributed by atoms with Crippen LogP contribution in [-0.2, 0) is 9.59 Å². The van der Waals surface area contributed by atoms with Crippen molar-refractivity contribution >= 4 is 23.3 Å². The molecule has 0 saturated heterocycles. The molecule has 1 atom stereocenters. The Kier molecular flexibility index (Phi) is 5.83. The number of carbonyl (C=O) groups is 2. The van der Waals surface area contributed by atoms with Crippen molar-refractivity contribution in [3.05, 3.63) is 34.4 Å². The van der Waals surface area contributed by atoms with E-state index in [2.05, 4.69) is 5.32 Å². The zero-order valence-electron chi connectivity index (χ0n) is 11.9. The maximum atomic E-state index is 11.8. The lowest BCUT2D eigenvalue weighted by molar-refractivity contribution is -0.383. The molecule has 0 aliphatic rings. The van der Waals surface area contributed by atoms with Gasteiger partial charge in [0.25, 0.3) is 5.69 Å². The van der Waals surface area contributed by atoms with Crippen LogP contribution in [0.15, 0.2) is 24.3 Å². The Balaban J connectivity index is 2.66. The summed E-state index contributed by atoms with van der Waals surface area (Å²) < 4.78 is 0. The lowest BCUT2D eigenvalue weighted by Gasteiger charge is -2.15. The summed E-state index contributed by atoms with van der Waals surface area (Å²) in [7, 11) is 0. The van der Waals surface area contributed by atoms with Crippen LogP contribution in [-0.4, -0.2) is 21.9 Å². The molecule has 1 aromatic rings. The number of hydrogen-bond donors (Lipinski definition) is 2. The number of amides is 1. The van der Waals surface area contributed by atoms with E-state index < -0.39 is 22.7 Å². The van der Waals surface area contributed by atoms with E-state index >= 15 is 0 Å². The summed E-state index contributed by atoms with van der Waals surface area (Å²) >= 11 is 0. The fourth-order valence-electron chi connectivity index (χ4n) is 1.98. The van der Waals surface area contributed by atoms with Gasteiger partial charge in [0.15, 0.2) is 0 Å². The van der Waals surface area contributed by atoms with Gasteiger partial charge in [-0.25, -0.2) is 0 Å². The number of hydrogen-bond acceptors (Lipinski definition) is 4. The fraction of sp³-hybridized carbons (Fsp3) is 0.429. The first-order valence-electron chi connectivity index (χ1n) is 6.59. The van der Waals surface area contributed by atoms with Crippen molar-refractivity contribution in [2.24, 2.45) is 11.8 Å². The Morgan fingerprint density at radius 2 is 1.95 bits per heavy atom. The molecule has 0 bridgehead atoms. The predicted octanol–water partition coefficient (Wildman–Crippen LogP) is 2.67. The predicted molar refractivity (Wildman–Crippen MR) is 76.9 cm³/mol. The molecular weight excluding hydrogens is 276 g/mol. The molecule has 0 saturated carbocycles. The molecular formula is C14H18N2O5. The number of nitro groups is 1. The highest BCUT2D eigenvalue weighted by Gasteiger charge is 2.23. The van der Waals surface area contributed by atoms with Gasteiger partial charge in [0, 0.05) is 12.5 Å². The molecule has 1 aromatic carbocycles. The van der Waals surface area contributed by atoms with Crippen LogP contribution in [0.2, 0.25) is 0 Å². The minimum absolute atomic E-state index is 0.00119. The van der Waals surface area contributed by atoms with Crippen LogP contribution in [0.3, 0.4) is 0 Å². The van der Waals surface area contributed by atoms with E-state index in [-0.39, 0.29) is 30.1 Å². The number of carboxylic acids is 1. The summed E-state index contributed by atoms with van der Waals surface area (Å²) in [6, 6.07) is 5.82. The van der Waals surface area contributed by atoms with Gasteiger partial charge in [-0.3, -0.25) is 19.7 Å². The van der Waals surface area contributed by atoms with Crippen molar-refractivity contribution in [2.75, 3.05) is 5.32 Å². The van der Waals surface area contributed by atoms with Crippen LogP contribution in [0.5, 0.6) is 0 Å². The summed E-state index contributed by atoms with van der Waals surface area (Å²) in [5.74, 6) is -2.07. The summed E-state index contributed by atoms with van der Waals surface area (Å²) in [6.07, 6.45) is 0.195. The molecule has 114 valence electrons. The van der Waals surface area contributed by atoms with E-state index in [0.29, 0.717) is 0 Å². The van der Waals surface area contributed by atoms with E-state index in [0.717, 1.165) is 0 Å². The van der Waals surface area contributed by atoms with Crippen molar-refractivity contribution in [1.82, 2.24) is 0 Å². The highest BCUT2D eigenvalue weighted by atomic mass is 16.6. The third kappa shape index (κ3) is 4.87. The summed E-state index contributed by atoms with van der Waals surface area (Å²) in [5, 5.41) is 22.3. The zero-order chi connectivity index (χ0) is 16.0. The second kappa shape index (κ2) is 7.37. The van der Waals surface area contributed by atoms with E-state index in [1.54, 1.807) is 19.9 Å². The monoisotopic (exact) mass is 294 g/mol. The second-order valence-electron chi connectivity index (χ2n) is 5.05. The number of nitrogens with one attached hydrogen (secondary N) is 1. The number of benzene rings is 1. The molecule has 0 aliphatic carbocycles. The van der Waals surface area contributed by atoms with Gasteiger partial charge in [-0.05, 0) is 18.4 Å². The molecule has 0 spiro atoms. The number of anilines is 1. The minimum Gasteiger partial charge on any atom is -0.481 e. The van der Waals surface area contributed by atoms with Gasteiger partial charge in [-0.1, -0.05) is 26.0 Å². The Bertz CT molecular complexity index is 542. The zero-order valence-corrected chi connectivity index (χ0v) is 11.9. The van der Waals surface area contributed by atoms with Gasteiger partial charge in [-0.15, -0.1) is 0 Å². The Hall–Kier alpha value is -2.44. The minimum atomic E-state index is -0.941. The number of nitro benzene ring substituents is 1. The molecule has 7 nitrogen and oxygen atoms in total. The van der Waals surface area contributed by atoms with Crippen LogP contribution in [0, 0.1) is 22.0 Å². The van der Waals surface area contributed by atoms with Crippen LogP contribution < -0.4 is 5.32 Å². The topological polar surface area (TPSA) is 110 Å². The van der Waals surface area contributed by atoms with Crippen molar-refractivity contribution in [1.29, 1.82) is 0 Å². The number of para-hydroxylation sites is 2. The van der Waals surface area contributed by atoms with Gasteiger partial charge in [0.05, 0.1) is 10.8 Å². The van der Waals surface area contributed by atoms with Gasteiger partial charge in [0.2, 0.25) is 5.91 Å². The van der Waals surface area contributed by atoms with E-state index in [9.17, 15) is 19.7 Å². The van der Waals surface area contributed by atoms with Crippen LogP contribution >= 0.6 is 0 Å². The quantitative estimate of drug-likeness (QED) is 0.593. The van der Waals surface area contributed by atoms with Crippen molar-refractivity contribution < 1.29 is 19.6 Å². The molecule has 0 fully saturated rings. The Morgan fingerprint density at radius 3 is 2.48 bits per heavy atom. The third-order valence-corrected chi connectivity index (χ3v) is 3.18. The maximum absolute atomic E-state index is 11.8. The van der Waals surface area contributed by atoms with Crippen molar-refractivity contribution in [2.45, 2.75) is 26.7 Å². The molecule has 0 aromatic heterocycles. The molecule has 0 radical (unpaired) electrons. The average Bonchev–Trinajstić information content (AvgIpc) is 2.38. The normalized spacial score (nSPS) is 12.0. The van der Waals surface area contributed by atoms with Crippen LogP contribution in [0.4, 0.5) is 11.4 Å². The largest absolute Gasteiger partial charge is 0.481 e. The Morgan fingerprint density at radius 1 is 1.33 bits per heavy atom. The standard InChI is InChI=1S/C14H18N2O5/c1-9(2)10(14(18)19)7-8-13(17)15-11-5-3-4-6-12(11)16(20)21/h3-6,9-10H,7-8H2,1-2H3,(H,15,17)(H,18,19)/t10-/m0/s1. The molecule has 0 aliphatic heterocycles. The van der Waals surface area contributed by atoms with Gasteiger partial charge < -0.3 is 10.4 Å². The number of carboxylic acid groups (broad SMARTS) is 1. The van der Waals surface area contributed by atoms with E-state index in [1.807, 2.05) is 0 Å². The lowest BCUT2D eigenvalue weighted by atomic mass is 9.91. The molecule has 0 heterocycles. The highest BCUT2D eigenvalue weighted by Crippen LogP contribution is 2.24. The first-order chi connectivity index (χ1) is 9.82.